The average Bonchev–Trinajstić information content (AvgIpc) is 4.26. The molecule has 0 saturated carbocycles. The number of hydrogen-bond donors (Lipinski definition) is 9. The van der Waals surface area contributed by atoms with Gasteiger partial charge in [0.2, 0.25) is 0 Å². The molecular weight excluding hydrogens is 1150 g/mol. The predicted molar refractivity (Wildman–Crippen MR) is 326 cm³/mol. The van der Waals surface area contributed by atoms with Gasteiger partial charge in [-0.1, -0.05) is 97.1 Å². The number of pyridine rings is 2. The number of benzene rings is 7. The molecule has 9 N–H and O–H groups in total. The number of aliphatic hydroxyl groups is 9. The van der Waals surface area contributed by atoms with Gasteiger partial charge in [-0.3, -0.25) is 9.97 Å². The first kappa shape index (κ1) is 75.2. The van der Waals surface area contributed by atoms with Crippen molar-refractivity contribution >= 4 is 21.7 Å². The Morgan fingerprint density at radius 3 is 1.59 bits per heavy atom. The van der Waals surface area contributed by atoms with Crippen LogP contribution in [0.25, 0.3) is 21.7 Å². The summed E-state index contributed by atoms with van der Waals surface area (Å²) in [6, 6.07) is 51.5. The third-order valence-electron chi connectivity index (χ3n) is 11.0. The molecular formula is C67H75F5N2O14. The molecule has 0 fully saturated rings. The number of aryl methyl sites for hydroxylation is 1. The van der Waals surface area contributed by atoms with Gasteiger partial charge in [0.25, 0.3) is 0 Å². The fourth-order valence-electron chi connectivity index (χ4n) is 6.91. The van der Waals surface area contributed by atoms with Crippen molar-refractivity contribution in [1.29, 1.82) is 0 Å². The van der Waals surface area contributed by atoms with Gasteiger partial charge in [-0.25, -0.2) is 22.0 Å². The van der Waals surface area contributed by atoms with Crippen molar-refractivity contribution in [2.45, 2.75) is 39.3 Å². The monoisotopic (exact) mass is 1230 g/mol. The fourth-order valence-corrected chi connectivity index (χ4v) is 6.91. The minimum atomic E-state index is -0.761. The molecule has 0 spiro atoms. The second kappa shape index (κ2) is 47.3. The van der Waals surface area contributed by atoms with E-state index in [1.54, 1.807) is 24.5 Å². The maximum atomic E-state index is 12.7. The highest BCUT2D eigenvalue weighted by molar-refractivity contribution is 5.84. The van der Waals surface area contributed by atoms with E-state index in [1.807, 2.05) is 115 Å². The number of ether oxygens (including phenoxy) is 4. The predicted octanol–water partition coefficient (Wildman–Crippen LogP) is 10.5. The standard InChI is InChI=1S/C12H12O2.C11H11NO2.C8H8F2O2.C8H9FO2.C8H11NO.C7H6F2O.C7H8O.C5H6O2.CH4O/c13-7-8-14-12-6-5-10-3-1-2-4-11(10)9-12;13-7-8-14-10-5-1-3-9-4-2-6-12-11(9)10;9-6-2-1-3-7(10)8(6)12-5-4-11;1-11-8-3-2-7(9)4-6(8)5-10;10-6-2-4-8-3-1-5-9-7-8;8-6-2-1-3-7(9)5(6)4-10;8-6-7-4-2-1-3-5-7;6-4-5-2-1-3-7-5;1-2/h1-6,9,13H,7-8H2;1-6,13H,7-8H2;1-3,11H,4-5H2;2-4,10H,5H2,1H3;1,3,5,7,10H,2,4,6H2;1-3,10H,4H2;1-5,8H,6H2;1-3,6H,4H2;2H,1H3. The zero-order chi connectivity index (χ0) is 64.6. The molecule has 472 valence electrons. The minimum absolute atomic E-state index is 0.00694. The molecule has 7 aromatic carbocycles. The molecule has 0 aliphatic heterocycles. The van der Waals surface area contributed by atoms with Gasteiger partial charge in [0.1, 0.15) is 72.4 Å². The number of para-hydroxylation sites is 2. The van der Waals surface area contributed by atoms with Gasteiger partial charge in [-0.05, 0) is 120 Å². The Morgan fingerprint density at radius 2 is 1.05 bits per heavy atom. The molecule has 0 atom stereocenters. The highest BCUT2D eigenvalue weighted by atomic mass is 19.1. The number of aliphatic hydroxyl groups excluding tert-OH is 9. The first-order valence-corrected chi connectivity index (χ1v) is 27.1. The van der Waals surface area contributed by atoms with Gasteiger partial charge in [0.05, 0.1) is 53.0 Å². The summed E-state index contributed by atoms with van der Waals surface area (Å²) in [5, 5.41) is 78.5. The lowest BCUT2D eigenvalue weighted by Crippen LogP contribution is -2.04. The molecule has 21 heteroatoms. The third kappa shape index (κ3) is 30.0. The summed E-state index contributed by atoms with van der Waals surface area (Å²) in [5.74, 6) is -1.10. The molecule has 0 aliphatic carbocycles. The van der Waals surface area contributed by atoms with Crippen molar-refractivity contribution in [3.8, 4) is 23.0 Å². The van der Waals surface area contributed by atoms with Crippen LogP contribution in [0, 0.1) is 29.1 Å². The zero-order valence-corrected chi connectivity index (χ0v) is 48.7. The number of methoxy groups -OCH3 is 1. The lowest BCUT2D eigenvalue weighted by atomic mass is 10.1. The normalized spacial score (nSPS) is 9.73. The van der Waals surface area contributed by atoms with E-state index in [0.717, 1.165) is 77.6 Å². The van der Waals surface area contributed by atoms with Crippen LogP contribution in [-0.4, -0.2) is 116 Å². The van der Waals surface area contributed by atoms with E-state index < -0.39 is 35.6 Å². The van der Waals surface area contributed by atoms with Gasteiger partial charge in [0, 0.05) is 48.8 Å². The van der Waals surface area contributed by atoms with Gasteiger partial charge in [-0.2, -0.15) is 0 Å². The van der Waals surface area contributed by atoms with Crippen molar-refractivity contribution in [1.82, 2.24) is 9.97 Å². The van der Waals surface area contributed by atoms with Crippen molar-refractivity contribution in [3.05, 3.63) is 264 Å². The lowest BCUT2D eigenvalue weighted by Gasteiger charge is -2.06. The quantitative estimate of drug-likeness (QED) is 0.0384. The topological polar surface area (TPSA) is 258 Å². The number of hydrogen-bond acceptors (Lipinski definition) is 16. The van der Waals surface area contributed by atoms with Crippen LogP contribution < -0.4 is 18.9 Å². The van der Waals surface area contributed by atoms with E-state index in [1.165, 1.54) is 54.7 Å². The van der Waals surface area contributed by atoms with Crippen molar-refractivity contribution in [3.63, 3.8) is 0 Å². The Kier molecular flexibility index (Phi) is 40.4. The molecule has 0 unspecified atom stereocenters. The summed E-state index contributed by atoms with van der Waals surface area (Å²) in [6.45, 7) is -0.0854. The van der Waals surface area contributed by atoms with Crippen LogP contribution in [0.15, 0.2) is 211 Å². The van der Waals surface area contributed by atoms with E-state index >= 15 is 0 Å². The SMILES string of the molecule is CO.COc1ccc(F)cc1CO.OCCCc1cccnc1.OCCOc1c(F)cccc1F.OCCOc1ccc2ccccc2c1.OCCOc1cccc2cccnc12.OCc1c(F)cccc1F.OCc1ccccc1.OCc1ccco1. The number of nitrogens with zero attached hydrogens (tertiary/aromatic N) is 2. The molecule has 0 bridgehead atoms. The van der Waals surface area contributed by atoms with Crippen LogP contribution in [0.5, 0.6) is 23.0 Å². The Balaban J connectivity index is 0.000000344. The van der Waals surface area contributed by atoms with Crippen LogP contribution >= 0.6 is 0 Å². The maximum Gasteiger partial charge on any atom is 0.190 e. The van der Waals surface area contributed by atoms with Crippen LogP contribution in [0.4, 0.5) is 22.0 Å². The molecule has 10 rings (SSSR count). The molecule has 3 heterocycles. The van der Waals surface area contributed by atoms with Crippen LogP contribution in [0.1, 0.15) is 34.4 Å². The average molecular weight is 1230 g/mol. The molecule has 10 aromatic rings. The van der Waals surface area contributed by atoms with Crippen molar-refractivity contribution in [2.24, 2.45) is 0 Å². The molecule has 0 amide bonds. The molecule has 0 radical (unpaired) electrons. The van der Waals surface area contributed by atoms with E-state index in [9.17, 15) is 22.0 Å². The number of aromatic nitrogens is 2. The number of rotatable bonds is 17. The number of halogens is 5. The first-order valence-electron chi connectivity index (χ1n) is 27.1. The number of fused-ring (bicyclic) bond motifs is 2. The van der Waals surface area contributed by atoms with E-state index in [4.69, 9.17) is 64.6 Å². The smallest absolute Gasteiger partial charge is 0.190 e. The summed E-state index contributed by atoms with van der Waals surface area (Å²) in [4.78, 5) is 8.18. The Labute approximate surface area is 507 Å². The molecule has 0 saturated heterocycles. The molecule has 3 aromatic heterocycles. The highest BCUT2D eigenvalue weighted by Crippen LogP contribution is 2.24. The van der Waals surface area contributed by atoms with Crippen LogP contribution in [0.2, 0.25) is 0 Å². The minimum Gasteiger partial charge on any atom is -0.496 e. The summed E-state index contributed by atoms with van der Waals surface area (Å²) >= 11 is 0. The van der Waals surface area contributed by atoms with E-state index in [0.29, 0.717) is 30.3 Å². The van der Waals surface area contributed by atoms with E-state index in [-0.39, 0.29) is 64.2 Å². The summed E-state index contributed by atoms with van der Waals surface area (Å²) in [5.41, 5.74) is 3.18. The lowest BCUT2D eigenvalue weighted by molar-refractivity contribution is 0.191. The zero-order valence-electron chi connectivity index (χ0n) is 48.7. The maximum absolute atomic E-state index is 12.7. The Morgan fingerprint density at radius 1 is 0.455 bits per heavy atom. The largest absolute Gasteiger partial charge is 0.496 e. The van der Waals surface area contributed by atoms with Crippen LogP contribution in [0.3, 0.4) is 0 Å². The van der Waals surface area contributed by atoms with Gasteiger partial charge >= 0.3 is 0 Å². The van der Waals surface area contributed by atoms with Gasteiger partial charge < -0.3 is 69.3 Å². The van der Waals surface area contributed by atoms with Gasteiger partial charge in [-0.15, -0.1) is 0 Å². The molecule has 0 aliphatic rings. The van der Waals surface area contributed by atoms with Crippen molar-refractivity contribution < 1.29 is 91.3 Å². The first-order chi connectivity index (χ1) is 42.9. The fraction of sp³-hybridized carbons (Fsp3) is 0.224. The Bertz CT molecular complexity index is 3300. The van der Waals surface area contributed by atoms with Gasteiger partial charge in [0.15, 0.2) is 17.4 Å². The second-order valence-electron chi connectivity index (χ2n) is 17.1. The second-order valence-corrected chi connectivity index (χ2v) is 17.1. The molecule has 16 nitrogen and oxygen atoms in total. The third-order valence-corrected chi connectivity index (χ3v) is 11.0. The molecule has 88 heavy (non-hydrogen) atoms. The van der Waals surface area contributed by atoms with E-state index in [2.05, 4.69) is 20.8 Å². The van der Waals surface area contributed by atoms with Crippen molar-refractivity contribution in [2.75, 3.05) is 60.5 Å². The Hall–Kier alpha value is -8.87. The van der Waals surface area contributed by atoms with Crippen LogP contribution in [-0.2, 0) is 32.8 Å². The highest BCUT2D eigenvalue weighted by Gasteiger charge is 2.09. The number of furan rings is 1. The summed E-state index contributed by atoms with van der Waals surface area (Å²) in [7, 11) is 2.48. The summed E-state index contributed by atoms with van der Waals surface area (Å²) < 4.78 is 87.7. The summed E-state index contributed by atoms with van der Waals surface area (Å²) in [6.07, 6.45) is 8.59.